The summed E-state index contributed by atoms with van der Waals surface area (Å²) < 4.78 is 6.16. The lowest BCUT2D eigenvalue weighted by atomic mass is 9.95. The predicted octanol–water partition coefficient (Wildman–Crippen LogP) is 6.21. The number of ketones is 1. The Morgan fingerprint density at radius 3 is 2.54 bits per heavy atom. The zero-order chi connectivity index (χ0) is 27.5. The van der Waals surface area contributed by atoms with Crippen molar-refractivity contribution in [1.29, 1.82) is 0 Å². The minimum absolute atomic E-state index is 0.0919. The second-order valence-corrected chi connectivity index (χ2v) is 11.1. The van der Waals surface area contributed by atoms with Gasteiger partial charge >= 0.3 is 5.91 Å². The molecule has 1 aromatic heterocycles. The molecular weight excluding hydrogens is 558 g/mol. The van der Waals surface area contributed by atoms with Gasteiger partial charge in [0.05, 0.1) is 18.2 Å². The molecule has 1 atom stereocenters. The molecule has 3 aromatic carbocycles. The largest absolute Gasteiger partial charge is 0.507 e. The number of aliphatic hydroxyl groups is 1. The molecule has 0 bridgehead atoms. The number of anilines is 1. The maximum atomic E-state index is 13.4. The number of phenolic OH excluding ortho intramolecular Hbond substituents is 1. The van der Waals surface area contributed by atoms with E-state index in [1.54, 1.807) is 43.3 Å². The van der Waals surface area contributed by atoms with Gasteiger partial charge in [-0.25, -0.2) is 0 Å². The Balaban J connectivity index is 1.58. The third kappa shape index (κ3) is 5.49. The van der Waals surface area contributed by atoms with E-state index in [9.17, 15) is 19.8 Å². The number of aromatic hydroxyl groups is 1. The van der Waals surface area contributed by atoms with Gasteiger partial charge in [-0.1, -0.05) is 71.1 Å². The first-order chi connectivity index (χ1) is 18.9. The van der Waals surface area contributed by atoms with Gasteiger partial charge in [0, 0.05) is 16.3 Å². The molecule has 0 aliphatic carbocycles. The van der Waals surface area contributed by atoms with Crippen molar-refractivity contribution in [3.8, 4) is 11.5 Å². The summed E-state index contributed by atoms with van der Waals surface area (Å²) in [5.74, 6) is -1.32. The summed E-state index contributed by atoms with van der Waals surface area (Å²) in [6, 6.07) is 19.6. The van der Waals surface area contributed by atoms with E-state index in [1.807, 2.05) is 30.3 Å². The van der Waals surface area contributed by atoms with Gasteiger partial charge < -0.3 is 14.9 Å². The number of amides is 1. The number of nitrogens with zero attached hydrogens (tertiary/aromatic N) is 3. The molecule has 1 fully saturated rings. The normalized spacial score (nSPS) is 16.6. The molecule has 198 valence electrons. The second kappa shape index (κ2) is 11.5. The Labute approximate surface area is 237 Å². The number of thioether (sulfide) groups is 1. The van der Waals surface area contributed by atoms with Crippen LogP contribution >= 0.6 is 34.7 Å². The number of phenols is 1. The van der Waals surface area contributed by atoms with Gasteiger partial charge in [0.25, 0.3) is 5.78 Å². The first kappa shape index (κ1) is 26.7. The van der Waals surface area contributed by atoms with Gasteiger partial charge in [-0.3, -0.25) is 14.5 Å². The van der Waals surface area contributed by atoms with Crippen LogP contribution in [0, 0.1) is 0 Å². The number of Topliss-reactive ketones (excluding diaryl/α,β-unsaturated/α-hetero) is 1. The fourth-order valence-electron chi connectivity index (χ4n) is 4.16. The average molecular weight is 580 g/mol. The van der Waals surface area contributed by atoms with Gasteiger partial charge in [0.1, 0.15) is 5.76 Å². The van der Waals surface area contributed by atoms with Crippen molar-refractivity contribution in [2.24, 2.45) is 0 Å². The summed E-state index contributed by atoms with van der Waals surface area (Å²) in [5.41, 5.74) is 1.75. The molecule has 2 heterocycles. The first-order valence-corrected chi connectivity index (χ1v) is 14.1. The monoisotopic (exact) mass is 579 g/mol. The molecule has 1 unspecified atom stereocenters. The standard InChI is InChI=1S/C28H22ClN3O5S2/c1-2-37-21-14-18(10-13-20(21)33)23-22(24(34)17-8-11-19(29)12-9-17)25(35)26(36)32(23)27-30-31-28(39-27)38-15-16-6-4-3-5-7-16/h3-14,23,33-34H,2,15H2,1H3/b24-22-. The fraction of sp³-hybridized carbons (Fsp3) is 0.143. The lowest BCUT2D eigenvalue weighted by molar-refractivity contribution is -0.132. The summed E-state index contributed by atoms with van der Waals surface area (Å²) in [4.78, 5) is 28.0. The third-order valence-corrected chi connectivity index (χ3v) is 8.35. The molecule has 11 heteroatoms. The Morgan fingerprint density at radius 2 is 1.82 bits per heavy atom. The highest BCUT2D eigenvalue weighted by Gasteiger charge is 2.48. The predicted molar refractivity (Wildman–Crippen MR) is 151 cm³/mol. The first-order valence-electron chi connectivity index (χ1n) is 11.9. The molecule has 0 radical (unpaired) electrons. The number of rotatable bonds is 8. The van der Waals surface area contributed by atoms with Crippen LogP contribution in [0.15, 0.2) is 82.7 Å². The molecule has 1 aliphatic rings. The molecule has 1 aliphatic heterocycles. The van der Waals surface area contributed by atoms with Crippen LogP contribution in [0.3, 0.4) is 0 Å². The van der Waals surface area contributed by atoms with Crippen molar-refractivity contribution in [1.82, 2.24) is 10.2 Å². The quantitative estimate of drug-likeness (QED) is 0.0832. The molecule has 39 heavy (non-hydrogen) atoms. The van der Waals surface area contributed by atoms with Gasteiger partial charge in [-0.2, -0.15) is 0 Å². The summed E-state index contributed by atoms with van der Waals surface area (Å²) in [6.07, 6.45) is 0. The van der Waals surface area contributed by atoms with E-state index < -0.39 is 17.7 Å². The maximum absolute atomic E-state index is 13.4. The lowest BCUT2D eigenvalue weighted by Gasteiger charge is -2.23. The van der Waals surface area contributed by atoms with E-state index in [0.717, 1.165) is 5.56 Å². The fourth-order valence-corrected chi connectivity index (χ4v) is 6.11. The molecular formula is C28H22ClN3O5S2. The number of hydrogen-bond acceptors (Lipinski definition) is 9. The van der Waals surface area contributed by atoms with E-state index in [-0.39, 0.29) is 28.0 Å². The van der Waals surface area contributed by atoms with Crippen LogP contribution in [-0.4, -0.2) is 38.7 Å². The van der Waals surface area contributed by atoms with Crippen molar-refractivity contribution < 1.29 is 24.5 Å². The number of aromatic nitrogens is 2. The van der Waals surface area contributed by atoms with Crippen LogP contribution < -0.4 is 9.64 Å². The molecule has 0 spiro atoms. The van der Waals surface area contributed by atoms with Crippen molar-refractivity contribution in [3.05, 3.63) is 100 Å². The SMILES string of the molecule is CCOc1cc(C2/C(=C(/O)c3ccc(Cl)cc3)C(=O)C(=O)N2c2nnc(SCc3ccccc3)s2)ccc1O. The molecule has 1 amide bonds. The molecule has 1 saturated heterocycles. The van der Waals surface area contributed by atoms with Crippen LogP contribution in [-0.2, 0) is 15.3 Å². The molecule has 0 saturated carbocycles. The third-order valence-electron chi connectivity index (χ3n) is 5.97. The van der Waals surface area contributed by atoms with Crippen molar-refractivity contribution in [2.45, 2.75) is 23.1 Å². The minimum Gasteiger partial charge on any atom is -0.507 e. The van der Waals surface area contributed by atoms with Crippen LogP contribution in [0.25, 0.3) is 5.76 Å². The Bertz CT molecular complexity index is 1560. The summed E-state index contributed by atoms with van der Waals surface area (Å²) in [7, 11) is 0. The number of benzene rings is 3. The average Bonchev–Trinajstić information content (AvgIpc) is 3.51. The van der Waals surface area contributed by atoms with Gasteiger partial charge in [0.15, 0.2) is 15.8 Å². The highest BCUT2D eigenvalue weighted by atomic mass is 35.5. The Hall–Kier alpha value is -3.86. The number of aliphatic hydroxyl groups excluding tert-OH is 1. The lowest BCUT2D eigenvalue weighted by Crippen LogP contribution is -2.29. The van der Waals surface area contributed by atoms with E-state index >= 15 is 0 Å². The van der Waals surface area contributed by atoms with Gasteiger partial charge in [-0.05, 0) is 54.4 Å². The van der Waals surface area contributed by atoms with Crippen LogP contribution in [0.1, 0.15) is 29.7 Å². The van der Waals surface area contributed by atoms with Gasteiger partial charge in [-0.15, -0.1) is 10.2 Å². The van der Waals surface area contributed by atoms with Gasteiger partial charge in [0.2, 0.25) is 5.13 Å². The Morgan fingerprint density at radius 1 is 1.08 bits per heavy atom. The van der Waals surface area contributed by atoms with Crippen LogP contribution in [0.4, 0.5) is 5.13 Å². The summed E-state index contributed by atoms with van der Waals surface area (Å²) >= 11 is 8.64. The zero-order valence-electron chi connectivity index (χ0n) is 20.6. The van der Waals surface area contributed by atoms with Crippen LogP contribution in [0.2, 0.25) is 5.02 Å². The smallest absolute Gasteiger partial charge is 0.301 e. The number of carbonyl (C=O) groups excluding carboxylic acids is 2. The number of ether oxygens (including phenoxy) is 1. The van der Waals surface area contributed by atoms with E-state index in [1.165, 1.54) is 34.1 Å². The van der Waals surface area contributed by atoms with Crippen LogP contribution in [0.5, 0.6) is 11.5 Å². The van der Waals surface area contributed by atoms with Crippen molar-refractivity contribution >= 4 is 57.3 Å². The molecule has 8 nitrogen and oxygen atoms in total. The van der Waals surface area contributed by atoms with E-state index in [2.05, 4.69) is 10.2 Å². The van der Waals surface area contributed by atoms with E-state index in [0.29, 0.717) is 32.8 Å². The van der Waals surface area contributed by atoms with Crippen molar-refractivity contribution in [2.75, 3.05) is 11.5 Å². The Kier molecular flexibility index (Phi) is 7.87. The minimum atomic E-state index is -1.04. The summed E-state index contributed by atoms with van der Waals surface area (Å²) in [5, 5.41) is 30.6. The molecule has 5 rings (SSSR count). The zero-order valence-corrected chi connectivity index (χ0v) is 23.0. The molecule has 4 aromatic rings. The number of carbonyl (C=O) groups is 2. The molecule has 2 N–H and O–H groups in total. The highest BCUT2D eigenvalue weighted by Crippen LogP contribution is 2.45. The topological polar surface area (TPSA) is 113 Å². The number of halogens is 1. The van der Waals surface area contributed by atoms with E-state index in [4.69, 9.17) is 16.3 Å². The highest BCUT2D eigenvalue weighted by molar-refractivity contribution is 8.00. The van der Waals surface area contributed by atoms with Crippen molar-refractivity contribution in [3.63, 3.8) is 0 Å². The maximum Gasteiger partial charge on any atom is 0.301 e. The number of hydrogen-bond donors (Lipinski definition) is 2. The second-order valence-electron chi connectivity index (χ2n) is 8.46. The summed E-state index contributed by atoms with van der Waals surface area (Å²) in [6.45, 7) is 2.06.